The number of hydrogen-bond donors (Lipinski definition) is 1. The molecule has 1 N–H and O–H groups in total. The van der Waals surface area contributed by atoms with Crippen molar-refractivity contribution in [3.05, 3.63) is 56.7 Å². The topological polar surface area (TPSA) is 34.1 Å². The first kappa shape index (κ1) is 15.5. The van der Waals surface area contributed by atoms with Crippen LogP contribution >= 0.6 is 31.9 Å². The number of pyridine rings is 1. The highest BCUT2D eigenvalue weighted by Gasteiger charge is 2.01. The van der Waals surface area contributed by atoms with Gasteiger partial charge in [0.05, 0.1) is 5.69 Å². The molecule has 2 aromatic rings. The summed E-state index contributed by atoms with van der Waals surface area (Å²) in [6, 6.07) is 10.1. The van der Waals surface area contributed by atoms with E-state index in [-0.39, 0.29) is 0 Å². The zero-order valence-electron chi connectivity index (χ0n) is 11.2. The number of hydrogen-bond acceptors (Lipinski definition) is 3. The molecular weight excluding hydrogens is 384 g/mol. The maximum absolute atomic E-state index is 5.67. The zero-order valence-corrected chi connectivity index (χ0v) is 14.4. The van der Waals surface area contributed by atoms with Crippen LogP contribution in [0.1, 0.15) is 11.3 Å². The third kappa shape index (κ3) is 4.89. The molecule has 0 radical (unpaired) electrons. The van der Waals surface area contributed by atoms with Crippen molar-refractivity contribution in [3.63, 3.8) is 0 Å². The molecule has 20 heavy (non-hydrogen) atoms. The molecule has 1 aromatic heterocycles. The average molecular weight is 400 g/mol. The highest BCUT2D eigenvalue weighted by Crippen LogP contribution is 2.19. The molecule has 0 saturated heterocycles. The fraction of sp³-hybridized carbons (Fsp3) is 0.267. The van der Waals surface area contributed by atoms with Gasteiger partial charge >= 0.3 is 0 Å². The Bertz CT molecular complexity index is 576. The molecule has 1 heterocycles. The molecule has 0 amide bonds. The van der Waals surface area contributed by atoms with Gasteiger partial charge in [-0.05, 0) is 62.5 Å². The summed E-state index contributed by atoms with van der Waals surface area (Å²) < 4.78 is 7.64. The fourth-order valence-corrected chi connectivity index (χ4v) is 2.85. The van der Waals surface area contributed by atoms with E-state index in [1.165, 1.54) is 5.56 Å². The summed E-state index contributed by atoms with van der Waals surface area (Å²) in [6.45, 7) is 4.18. The number of halogens is 2. The van der Waals surface area contributed by atoms with Crippen LogP contribution in [0.25, 0.3) is 0 Å². The van der Waals surface area contributed by atoms with E-state index in [9.17, 15) is 0 Å². The lowest BCUT2D eigenvalue weighted by atomic mass is 10.2. The molecule has 106 valence electrons. The summed E-state index contributed by atoms with van der Waals surface area (Å²) in [7, 11) is 0. The predicted octanol–water partition coefficient (Wildman–Crippen LogP) is 4.08. The van der Waals surface area contributed by atoms with E-state index in [0.717, 1.165) is 26.9 Å². The van der Waals surface area contributed by atoms with Crippen molar-refractivity contribution < 1.29 is 4.74 Å². The van der Waals surface area contributed by atoms with Gasteiger partial charge in [0.2, 0.25) is 0 Å². The zero-order chi connectivity index (χ0) is 14.4. The summed E-state index contributed by atoms with van der Waals surface area (Å²) in [6.07, 6.45) is 1.80. The highest BCUT2D eigenvalue weighted by molar-refractivity contribution is 9.11. The van der Waals surface area contributed by atoms with E-state index in [4.69, 9.17) is 4.74 Å². The van der Waals surface area contributed by atoms with Gasteiger partial charge in [-0.25, -0.2) is 0 Å². The van der Waals surface area contributed by atoms with Crippen LogP contribution < -0.4 is 10.1 Å². The van der Waals surface area contributed by atoms with Gasteiger partial charge in [-0.15, -0.1) is 0 Å². The Morgan fingerprint density at radius 2 is 2.10 bits per heavy atom. The van der Waals surface area contributed by atoms with Crippen molar-refractivity contribution >= 4 is 31.9 Å². The SMILES string of the molecule is Cc1cccc(OCCNCc2ncc(Br)cc2Br)c1. The van der Waals surface area contributed by atoms with E-state index in [1.54, 1.807) is 6.20 Å². The van der Waals surface area contributed by atoms with Crippen LogP contribution in [0, 0.1) is 6.92 Å². The summed E-state index contributed by atoms with van der Waals surface area (Å²) >= 11 is 6.89. The molecule has 0 saturated carbocycles. The Morgan fingerprint density at radius 3 is 2.85 bits per heavy atom. The van der Waals surface area contributed by atoms with Crippen LogP contribution in [0.4, 0.5) is 0 Å². The largest absolute Gasteiger partial charge is 0.492 e. The molecule has 3 nitrogen and oxygen atoms in total. The van der Waals surface area contributed by atoms with Crippen LogP contribution in [0.15, 0.2) is 45.5 Å². The van der Waals surface area contributed by atoms with Gasteiger partial charge in [0.25, 0.3) is 0 Å². The Hall–Kier alpha value is -0.910. The predicted molar refractivity (Wildman–Crippen MR) is 88.0 cm³/mol. The van der Waals surface area contributed by atoms with Gasteiger partial charge in [0.15, 0.2) is 0 Å². The van der Waals surface area contributed by atoms with E-state index in [2.05, 4.69) is 55.2 Å². The summed E-state index contributed by atoms with van der Waals surface area (Å²) in [5.74, 6) is 0.912. The molecule has 0 aliphatic heterocycles. The van der Waals surface area contributed by atoms with Crippen LogP contribution in [0.3, 0.4) is 0 Å². The van der Waals surface area contributed by atoms with E-state index in [1.807, 2.05) is 24.3 Å². The van der Waals surface area contributed by atoms with Crippen LogP contribution in [0.2, 0.25) is 0 Å². The van der Waals surface area contributed by atoms with Crippen molar-refractivity contribution in [2.45, 2.75) is 13.5 Å². The number of aromatic nitrogens is 1. The Kier molecular flexibility index (Phi) is 6.01. The molecule has 2 rings (SSSR count). The normalized spacial score (nSPS) is 10.6. The Balaban J connectivity index is 1.71. The van der Waals surface area contributed by atoms with Crippen molar-refractivity contribution in [2.75, 3.05) is 13.2 Å². The third-order valence-corrected chi connectivity index (χ3v) is 3.83. The number of benzene rings is 1. The fourth-order valence-electron chi connectivity index (χ4n) is 1.73. The van der Waals surface area contributed by atoms with E-state index >= 15 is 0 Å². The first-order valence-electron chi connectivity index (χ1n) is 6.35. The molecule has 0 aliphatic carbocycles. The summed E-state index contributed by atoms with van der Waals surface area (Å²) in [5.41, 5.74) is 2.20. The minimum Gasteiger partial charge on any atom is -0.492 e. The second-order valence-corrected chi connectivity index (χ2v) is 6.19. The van der Waals surface area contributed by atoms with Gasteiger partial charge in [-0.3, -0.25) is 4.98 Å². The van der Waals surface area contributed by atoms with Crippen molar-refractivity contribution in [1.29, 1.82) is 0 Å². The molecule has 5 heteroatoms. The second-order valence-electron chi connectivity index (χ2n) is 4.42. The van der Waals surface area contributed by atoms with E-state index < -0.39 is 0 Å². The number of ether oxygens (including phenoxy) is 1. The smallest absolute Gasteiger partial charge is 0.119 e. The lowest BCUT2D eigenvalue weighted by Gasteiger charge is -2.09. The van der Waals surface area contributed by atoms with Gasteiger partial charge in [0, 0.05) is 28.2 Å². The molecule has 0 fully saturated rings. The number of rotatable bonds is 6. The van der Waals surface area contributed by atoms with Crippen molar-refractivity contribution in [3.8, 4) is 5.75 Å². The molecular formula is C15H16Br2N2O. The highest BCUT2D eigenvalue weighted by atomic mass is 79.9. The van der Waals surface area contributed by atoms with Crippen molar-refractivity contribution in [2.24, 2.45) is 0 Å². The monoisotopic (exact) mass is 398 g/mol. The molecule has 0 bridgehead atoms. The summed E-state index contributed by atoms with van der Waals surface area (Å²) in [5, 5.41) is 3.31. The van der Waals surface area contributed by atoms with Crippen LogP contribution in [-0.2, 0) is 6.54 Å². The lowest BCUT2D eigenvalue weighted by Crippen LogP contribution is -2.21. The minimum absolute atomic E-state index is 0.637. The standard InChI is InChI=1S/C15H16Br2N2O/c1-11-3-2-4-13(7-11)20-6-5-18-10-15-14(17)8-12(16)9-19-15/h2-4,7-9,18H,5-6,10H2,1H3. The maximum Gasteiger partial charge on any atom is 0.119 e. The number of nitrogens with one attached hydrogen (secondary N) is 1. The second kappa shape index (κ2) is 7.76. The quantitative estimate of drug-likeness (QED) is 0.743. The molecule has 0 atom stereocenters. The van der Waals surface area contributed by atoms with Crippen molar-refractivity contribution in [1.82, 2.24) is 10.3 Å². The van der Waals surface area contributed by atoms with Gasteiger partial charge in [0.1, 0.15) is 12.4 Å². The first-order chi connectivity index (χ1) is 9.65. The third-order valence-electron chi connectivity index (χ3n) is 2.71. The first-order valence-corrected chi connectivity index (χ1v) is 7.94. The molecule has 0 spiro atoms. The van der Waals surface area contributed by atoms with Crippen LogP contribution in [0.5, 0.6) is 5.75 Å². The minimum atomic E-state index is 0.637. The van der Waals surface area contributed by atoms with Gasteiger partial charge in [-0.1, -0.05) is 12.1 Å². The van der Waals surface area contributed by atoms with E-state index in [0.29, 0.717) is 13.2 Å². The number of aryl methyl sites for hydroxylation is 1. The lowest BCUT2D eigenvalue weighted by molar-refractivity contribution is 0.313. The Labute approximate surface area is 136 Å². The van der Waals surface area contributed by atoms with Crippen LogP contribution in [-0.4, -0.2) is 18.1 Å². The number of nitrogens with zero attached hydrogens (tertiary/aromatic N) is 1. The average Bonchev–Trinajstić information content (AvgIpc) is 2.41. The van der Waals surface area contributed by atoms with Gasteiger partial charge in [-0.2, -0.15) is 0 Å². The summed E-state index contributed by atoms with van der Waals surface area (Å²) in [4.78, 5) is 4.35. The van der Waals surface area contributed by atoms with Gasteiger partial charge < -0.3 is 10.1 Å². The Morgan fingerprint density at radius 1 is 1.25 bits per heavy atom. The molecule has 0 aliphatic rings. The maximum atomic E-state index is 5.67. The molecule has 0 unspecified atom stereocenters. The molecule has 1 aromatic carbocycles.